The molecule has 1 amide bonds. The normalized spacial score (nSPS) is 15.9. The van der Waals surface area contributed by atoms with Gasteiger partial charge in [-0.2, -0.15) is 4.52 Å². The van der Waals surface area contributed by atoms with Crippen molar-refractivity contribution in [1.29, 1.82) is 0 Å². The van der Waals surface area contributed by atoms with Gasteiger partial charge in [-0.25, -0.2) is 9.97 Å². The third kappa shape index (κ3) is 4.61. The number of carbonyl (C=O) groups is 1. The Bertz CT molecular complexity index is 1500. The highest BCUT2D eigenvalue weighted by atomic mass is 32.2. The van der Waals surface area contributed by atoms with Crippen LogP contribution in [0.3, 0.4) is 0 Å². The van der Waals surface area contributed by atoms with Crippen molar-refractivity contribution in [2.45, 2.75) is 36.9 Å². The zero-order valence-electron chi connectivity index (χ0n) is 19.2. The van der Waals surface area contributed by atoms with Gasteiger partial charge in [-0.1, -0.05) is 42.1 Å². The molecule has 3 aromatic heterocycles. The lowest BCUT2D eigenvalue weighted by Gasteiger charge is -2.10. The number of H-pyrrole nitrogens is 1. The number of hydrogen-bond donors (Lipinski definition) is 2. The Hall–Kier alpha value is -3.43. The Morgan fingerprint density at radius 3 is 2.86 bits per heavy atom. The van der Waals surface area contributed by atoms with E-state index >= 15 is 0 Å². The Balaban J connectivity index is 1.22. The number of ether oxygens (including phenoxy) is 1. The van der Waals surface area contributed by atoms with E-state index in [0.717, 1.165) is 53.8 Å². The SMILES string of the molecule is O=C(CSc1nc2ccccc2c2nc(CCc3c[nH]c4ccccc34)nn12)NCC1CCCO1. The van der Waals surface area contributed by atoms with Crippen molar-refractivity contribution in [2.24, 2.45) is 0 Å². The molecule has 2 aromatic carbocycles. The number of aromatic nitrogens is 5. The summed E-state index contributed by atoms with van der Waals surface area (Å²) in [7, 11) is 0. The molecule has 9 heteroatoms. The highest BCUT2D eigenvalue weighted by molar-refractivity contribution is 7.99. The average Bonchev–Trinajstić information content (AvgIpc) is 3.64. The highest BCUT2D eigenvalue weighted by Gasteiger charge is 2.18. The van der Waals surface area contributed by atoms with Gasteiger partial charge >= 0.3 is 0 Å². The molecule has 1 fully saturated rings. The summed E-state index contributed by atoms with van der Waals surface area (Å²) < 4.78 is 7.37. The Morgan fingerprint density at radius 1 is 1.11 bits per heavy atom. The number of nitrogens with zero attached hydrogens (tertiary/aromatic N) is 4. The van der Waals surface area contributed by atoms with Gasteiger partial charge in [0.05, 0.1) is 17.4 Å². The number of aryl methyl sites for hydroxylation is 2. The summed E-state index contributed by atoms with van der Waals surface area (Å²) in [6.45, 7) is 1.34. The van der Waals surface area contributed by atoms with Crippen LogP contribution in [0.15, 0.2) is 59.9 Å². The Kier molecular flexibility index (Phi) is 6.10. The molecular formula is C26H26N6O2S. The molecule has 0 spiro atoms. The van der Waals surface area contributed by atoms with Gasteiger partial charge in [-0.15, -0.1) is 5.10 Å². The number of carbonyl (C=O) groups excluding carboxylic acids is 1. The zero-order valence-corrected chi connectivity index (χ0v) is 20.1. The van der Waals surface area contributed by atoms with Crippen LogP contribution in [0.1, 0.15) is 24.2 Å². The molecule has 1 atom stereocenters. The predicted octanol–water partition coefficient (Wildman–Crippen LogP) is 3.93. The summed E-state index contributed by atoms with van der Waals surface area (Å²) in [6, 6.07) is 16.2. The minimum atomic E-state index is -0.0340. The third-order valence-corrected chi connectivity index (χ3v) is 7.30. The fourth-order valence-electron chi connectivity index (χ4n) is 4.57. The third-order valence-electron chi connectivity index (χ3n) is 6.37. The van der Waals surface area contributed by atoms with Crippen molar-refractivity contribution in [3.05, 3.63) is 66.1 Å². The summed E-state index contributed by atoms with van der Waals surface area (Å²) in [5, 5.41) is 10.6. The summed E-state index contributed by atoms with van der Waals surface area (Å²) in [5.41, 5.74) is 4.00. The highest BCUT2D eigenvalue weighted by Crippen LogP contribution is 2.25. The molecule has 0 bridgehead atoms. The van der Waals surface area contributed by atoms with E-state index in [2.05, 4.69) is 34.7 Å². The molecule has 6 rings (SSSR count). The van der Waals surface area contributed by atoms with E-state index in [1.807, 2.05) is 30.3 Å². The number of nitrogens with one attached hydrogen (secondary N) is 2. The smallest absolute Gasteiger partial charge is 0.230 e. The van der Waals surface area contributed by atoms with Crippen molar-refractivity contribution in [1.82, 2.24) is 29.9 Å². The lowest BCUT2D eigenvalue weighted by atomic mass is 10.1. The first-order chi connectivity index (χ1) is 17.2. The van der Waals surface area contributed by atoms with E-state index in [4.69, 9.17) is 19.8 Å². The second kappa shape index (κ2) is 9.67. The molecule has 1 aliphatic heterocycles. The standard InChI is InChI=1S/C26H26N6O2S/c33-24(28-15-18-6-5-13-34-18)16-35-26-29-22-10-4-2-8-20(22)25-30-23(31-32(25)26)12-11-17-14-27-21-9-3-1-7-19(17)21/h1-4,7-10,14,18,27H,5-6,11-13,15-16H2,(H,28,33). The predicted molar refractivity (Wildman–Crippen MR) is 137 cm³/mol. The number of fused-ring (bicyclic) bond motifs is 4. The molecule has 178 valence electrons. The molecule has 0 aliphatic carbocycles. The van der Waals surface area contributed by atoms with Crippen LogP contribution in [0, 0.1) is 0 Å². The molecule has 1 saturated heterocycles. The van der Waals surface area contributed by atoms with Gasteiger partial charge in [-0.05, 0) is 43.0 Å². The van der Waals surface area contributed by atoms with Crippen LogP contribution in [0.5, 0.6) is 0 Å². The minimum Gasteiger partial charge on any atom is -0.376 e. The second-order valence-corrected chi connectivity index (χ2v) is 9.70. The van der Waals surface area contributed by atoms with Gasteiger partial charge in [0, 0.05) is 42.1 Å². The molecule has 5 aromatic rings. The van der Waals surface area contributed by atoms with Crippen molar-refractivity contribution < 1.29 is 9.53 Å². The van der Waals surface area contributed by atoms with Gasteiger partial charge in [0.1, 0.15) is 0 Å². The van der Waals surface area contributed by atoms with Crippen molar-refractivity contribution >= 4 is 45.1 Å². The largest absolute Gasteiger partial charge is 0.376 e. The van der Waals surface area contributed by atoms with Crippen LogP contribution < -0.4 is 5.32 Å². The molecule has 8 nitrogen and oxygen atoms in total. The lowest BCUT2D eigenvalue weighted by Crippen LogP contribution is -2.32. The van der Waals surface area contributed by atoms with E-state index in [1.165, 1.54) is 22.7 Å². The van der Waals surface area contributed by atoms with Gasteiger partial charge in [0.2, 0.25) is 5.91 Å². The first-order valence-electron chi connectivity index (χ1n) is 11.9. The lowest BCUT2D eigenvalue weighted by molar-refractivity contribution is -0.119. The number of hydrogen-bond acceptors (Lipinski definition) is 6. The van der Waals surface area contributed by atoms with Gasteiger partial charge in [0.15, 0.2) is 16.6 Å². The first-order valence-corrected chi connectivity index (χ1v) is 12.9. The Labute approximate surface area is 206 Å². The molecule has 2 N–H and O–H groups in total. The number of amides is 1. The van der Waals surface area contributed by atoms with E-state index in [-0.39, 0.29) is 17.8 Å². The quantitative estimate of drug-likeness (QED) is 0.255. The summed E-state index contributed by atoms with van der Waals surface area (Å²) in [4.78, 5) is 25.4. The number of benzene rings is 2. The topological polar surface area (TPSA) is 97.2 Å². The Morgan fingerprint density at radius 2 is 1.97 bits per heavy atom. The van der Waals surface area contributed by atoms with E-state index in [1.54, 1.807) is 4.52 Å². The van der Waals surface area contributed by atoms with Crippen LogP contribution in [-0.2, 0) is 22.4 Å². The summed E-state index contributed by atoms with van der Waals surface area (Å²) in [6.07, 6.45) is 5.80. The molecule has 0 radical (unpaired) electrons. The maximum Gasteiger partial charge on any atom is 0.230 e. The van der Waals surface area contributed by atoms with Gasteiger partial charge in [0.25, 0.3) is 0 Å². The molecule has 4 heterocycles. The summed E-state index contributed by atoms with van der Waals surface area (Å²) >= 11 is 1.38. The second-order valence-electron chi connectivity index (χ2n) is 8.76. The number of thioether (sulfide) groups is 1. The zero-order chi connectivity index (χ0) is 23.6. The van der Waals surface area contributed by atoms with Gasteiger partial charge in [-0.3, -0.25) is 4.79 Å². The number of aromatic amines is 1. The molecule has 1 aliphatic rings. The van der Waals surface area contributed by atoms with Crippen LogP contribution in [-0.4, -0.2) is 55.5 Å². The van der Waals surface area contributed by atoms with Crippen LogP contribution >= 0.6 is 11.8 Å². The van der Waals surface area contributed by atoms with Gasteiger partial charge < -0.3 is 15.0 Å². The molecule has 35 heavy (non-hydrogen) atoms. The van der Waals surface area contributed by atoms with Crippen LogP contribution in [0.25, 0.3) is 27.5 Å². The van der Waals surface area contributed by atoms with Crippen LogP contribution in [0.2, 0.25) is 0 Å². The van der Waals surface area contributed by atoms with Crippen molar-refractivity contribution in [3.8, 4) is 0 Å². The monoisotopic (exact) mass is 486 g/mol. The first kappa shape index (κ1) is 22.1. The maximum atomic E-state index is 12.5. The number of rotatable bonds is 8. The molecule has 1 unspecified atom stereocenters. The maximum absolute atomic E-state index is 12.5. The fourth-order valence-corrected chi connectivity index (χ4v) is 5.35. The van der Waals surface area contributed by atoms with E-state index < -0.39 is 0 Å². The minimum absolute atomic E-state index is 0.0340. The average molecular weight is 487 g/mol. The fraction of sp³-hybridized carbons (Fsp3) is 0.308. The van der Waals surface area contributed by atoms with Crippen molar-refractivity contribution in [3.63, 3.8) is 0 Å². The van der Waals surface area contributed by atoms with E-state index in [0.29, 0.717) is 18.1 Å². The molecule has 0 saturated carbocycles. The van der Waals surface area contributed by atoms with Crippen LogP contribution in [0.4, 0.5) is 0 Å². The number of para-hydroxylation sites is 2. The van der Waals surface area contributed by atoms with E-state index in [9.17, 15) is 4.79 Å². The summed E-state index contributed by atoms with van der Waals surface area (Å²) in [5.74, 6) is 0.990. The molecular weight excluding hydrogens is 460 g/mol. The van der Waals surface area contributed by atoms with Crippen molar-refractivity contribution in [2.75, 3.05) is 18.9 Å².